The molecule has 0 saturated carbocycles. The van der Waals surface area contributed by atoms with Crippen LogP contribution in [0.4, 0.5) is 0 Å². The molecule has 11 nitrogen and oxygen atoms in total. The van der Waals surface area contributed by atoms with Gasteiger partial charge in [0.25, 0.3) is 16.0 Å². The number of hydrogen-bond donors (Lipinski definition) is 1. The number of hydrogen-bond acceptors (Lipinski definition) is 8. The molecule has 2 rings (SSSR count). The molecule has 1 heterocycles. The molecule has 1 aromatic rings. The number of carbonyl (C=O) groups excluding carboxylic acids is 1. The van der Waals surface area contributed by atoms with Gasteiger partial charge < -0.3 is 19.5 Å². The number of rotatable bonds is 9. The molecule has 1 fully saturated rings. The maximum Gasteiger partial charge on any atom is 0.264 e. The zero-order valence-corrected chi connectivity index (χ0v) is 16.4. The summed E-state index contributed by atoms with van der Waals surface area (Å²) in [6.07, 6.45) is -3.02. The second-order valence-corrected chi connectivity index (χ2v) is 7.62. The highest BCUT2D eigenvalue weighted by Crippen LogP contribution is 2.29. The molecule has 0 aliphatic carbocycles. The minimum absolute atomic E-state index is 0.316. The topological polar surface area (TPSA) is 149 Å². The molecule has 28 heavy (non-hydrogen) atoms. The molecule has 5 atom stereocenters. The molecule has 1 aromatic carbocycles. The van der Waals surface area contributed by atoms with Crippen molar-refractivity contribution in [1.82, 2.24) is 5.32 Å². The normalized spacial score (nSPS) is 25.7. The molecule has 0 unspecified atom stereocenters. The Kier molecular flexibility index (Phi) is 7.75. The van der Waals surface area contributed by atoms with Gasteiger partial charge in [-0.3, -0.25) is 8.98 Å². The van der Waals surface area contributed by atoms with Gasteiger partial charge in [0.05, 0.1) is 12.8 Å². The number of methoxy groups -OCH3 is 2. The van der Waals surface area contributed by atoms with Crippen LogP contribution in [0.1, 0.15) is 10.4 Å². The quantitative estimate of drug-likeness (QED) is 0.272. The van der Waals surface area contributed by atoms with Crippen molar-refractivity contribution in [1.29, 1.82) is 0 Å². The average molecular weight is 414 g/mol. The van der Waals surface area contributed by atoms with Crippen LogP contribution < -0.4 is 5.32 Å². The highest BCUT2D eigenvalue weighted by atomic mass is 32.2. The Morgan fingerprint density at radius 3 is 2.54 bits per heavy atom. The Balaban J connectivity index is 2.26. The Hall–Kier alpha value is -2.21. The molecule has 0 bridgehead atoms. The van der Waals surface area contributed by atoms with E-state index in [9.17, 15) is 13.2 Å². The number of amides is 1. The van der Waals surface area contributed by atoms with E-state index in [1.807, 2.05) is 0 Å². The van der Waals surface area contributed by atoms with Crippen molar-refractivity contribution in [2.45, 2.75) is 30.6 Å². The lowest BCUT2D eigenvalue weighted by Crippen LogP contribution is -2.51. The van der Waals surface area contributed by atoms with Crippen molar-refractivity contribution >= 4 is 16.0 Å². The molecule has 1 aliphatic heterocycles. The smallest absolute Gasteiger partial charge is 0.264 e. The molecule has 1 aliphatic rings. The zero-order chi connectivity index (χ0) is 20.7. The minimum Gasteiger partial charge on any atom is -0.376 e. The number of nitrogens with zero attached hydrogens (tertiary/aromatic N) is 3. The Morgan fingerprint density at radius 1 is 1.32 bits per heavy atom. The van der Waals surface area contributed by atoms with E-state index in [0.29, 0.717) is 5.56 Å². The summed E-state index contributed by atoms with van der Waals surface area (Å²) < 4.78 is 44.7. The first-order valence-electron chi connectivity index (χ1n) is 8.26. The third-order valence-electron chi connectivity index (χ3n) is 4.09. The standard InChI is InChI=1S/C16H22N4O7S/c1-24-14-12(19-15(21)10-7-5-4-6-8-10)16(25-2)26-13(14)11(9-18-20-17)27-28(3,22)23/h4-8,11-14,16H,9H2,1-3H3,(H,19,21)/t11-,12-,13+,14-,16+/m0/s1. The second kappa shape index (κ2) is 9.82. The van der Waals surface area contributed by atoms with E-state index in [1.165, 1.54) is 14.2 Å². The van der Waals surface area contributed by atoms with Crippen molar-refractivity contribution in [3.8, 4) is 0 Å². The maximum absolute atomic E-state index is 12.5. The Morgan fingerprint density at radius 2 is 2.00 bits per heavy atom. The molecule has 12 heteroatoms. The Labute approximate surface area is 162 Å². The van der Waals surface area contributed by atoms with Gasteiger partial charge in [-0.2, -0.15) is 8.42 Å². The Bertz CT molecular complexity index is 814. The number of azide groups is 1. The summed E-state index contributed by atoms with van der Waals surface area (Å²) in [5.74, 6) is -0.380. The number of carbonyl (C=O) groups is 1. The van der Waals surface area contributed by atoms with Crippen LogP contribution in [0.3, 0.4) is 0 Å². The van der Waals surface area contributed by atoms with E-state index in [0.717, 1.165) is 6.26 Å². The van der Waals surface area contributed by atoms with Crippen LogP contribution in [0.2, 0.25) is 0 Å². The average Bonchev–Trinajstić information content (AvgIpc) is 3.02. The third kappa shape index (κ3) is 5.64. The van der Waals surface area contributed by atoms with Gasteiger partial charge in [0, 0.05) is 24.7 Å². The van der Waals surface area contributed by atoms with E-state index < -0.39 is 40.8 Å². The summed E-state index contributed by atoms with van der Waals surface area (Å²) in [5.41, 5.74) is 9.00. The van der Waals surface area contributed by atoms with Gasteiger partial charge in [0.2, 0.25) is 0 Å². The van der Waals surface area contributed by atoms with E-state index in [-0.39, 0.29) is 12.5 Å². The highest BCUT2D eigenvalue weighted by Gasteiger charge is 2.50. The summed E-state index contributed by atoms with van der Waals surface area (Å²) in [6.45, 7) is -0.316. The first kappa shape index (κ1) is 22.1. The molecule has 1 N–H and O–H groups in total. The van der Waals surface area contributed by atoms with Gasteiger partial charge >= 0.3 is 0 Å². The van der Waals surface area contributed by atoms with E-state index in [2.05, 4.69) is 15.3 Å². The molecule has 0 aromatic heterocycles. The maximum atomic E-state index is 12.5. The molecule has 0 spiro atoms. The van der Waals surface area contributed by atoms with Gasteiger partial charge in [-0.15, -0.1) is 0 Å². The molecule has 0 radical (unpaired) electrons. The van der Waals surface area contributed by atoms with Gasteiger partial charge in [-0.25, -0.2) is 0 Å². The van der Waals surface area contributed by atoms with Crippen LogP contribution in [0.15, 0.2) is 35.4 Å². The summed E-state index contributed by atoms with van der Waals surface area (Å²) in [4.78, 5) is 15.2. The monoisotopic (exact) mass is 414 g/mol. The summed E-state index contributed by atoms with van der Waals surface area (Å²) >= 11 is 0. The van der Waals surface area contributed by atoms with Crippen LogP contribution in [-0.2, 0) is 28.5 Å². The predicted octanol–water partition coefficient (Wildman–Crippen LogP) is 0.826. The predicted molar refractivity (Wildman–Crippen MR) is 97.9 cm³/mol. The molecular formula is C16H22N4O7S. The van der Waals surface area contributed by atoms with Crippen molar-refractivity contribution in [3.63, 3.8) is 0 Å². The van der Waals surface area contributed by atoms with Crippen molar-refractivity contribution in [2.75, 3.05) is 27.0 Å². The second-order valence-electron chi connectivity index (χ2n) is 6.02. The van der Waals surface area contributed by atoms with Crippen molar-refractivity contribution in [3.05, 3.63) is 46.3 Å². The minimum atomic E-state index is -3.88. The van der Waals surface area contributed by atoms with Gasteiger partial charge in [0.1, 0.15) is 24.4 Å². The van der Waals surface area contributed by atoms with E-state index >= 15 is 0 Å². The lowest BCUT2D eigenvalue weighted by molar-refractivity contribution is -0.143. The highest BCUT2D eigenvalue weighted by molar-refractivity contribution is 7.86. The SMILES string of the molecule is CO[C@@H]1O[C@H]([C@H](CN=[N+]=[N-])OS(C)(=O)=O)[C@@H](OC)[C@@H]1NC(=O)c1ccccc1. The summed E-state index contributed by atoms with van der Waals surface area (Å²) in [5, 5.41) is 6.16. The zero-order valence-electron chi connectivity index (χ0n) is 15.6. The van der Waals surface area contributed by atoms with E-state index in [1.54, 1.807) is 30.3 Å². The van der Waals surface area contributed by atoms with Crippen LogP contribution in [0.25, 0.3) is 10.4 Å². The fourth-order valence-electron chi connectivity index (χ4n) is 2.96. The fourth-order valence-corrected chi connectivity index (χ4v) is 3.58. The van der Waals surface area contributed by atoms with Crippen LogP contribution in [0, 0.1) is 0 Å². The lowest BCUT2D eigenvalue weighted by atomic mass is 10.0. The number of ether oxygens (including phenoxy) is 3. The van der Waals surface area contributed by atoms with Crippen LogP contribution >= 0.6 is 0 Å². The fraction of sp³-hybridized carbons (Fsp3) is 0.562. The first-order valence-corrected chi connectivity index (χ1v) is 10.1. The van der Waals surface area contributed by atoms with Gasteiger partial charge in [0.15, 0.2) is 6.29 Å². The van der Waals surface area contributed by atoms with Crippen molar-refractivity contribution in [2.24, 2.45) is 5.11 Å². The van der Waals surface area contributed by atoms with Crippen molar-refractivity contribution < 1.29 is 31.6 Å². The number of benzene rings is 1. The summed E-state index contributed by atoms with van der Waals surface area (Å²) in [7, 11) is -1.12. The molecule has 1 amide bonds. The van der Waals surface area contributed by atoms with Crippen LogP contribution in [0.5, 0.6) is 0 Å². The molecule has 1 saturated heterocycles. The molecular weight excluding hydrogens is 392 g/mol. The summed E-state index contributed by atoms with van der Waals surface area (Å²) in [6, 6.07) is 7.75. The van der Waals surface area contributed by atoms with E-state index in [4.69, 9.17) is 23.9 Å². The molecule has 154 valence electrons. The lowest BCUT2D eigenvalue weighted by Gasteiger charge is -2.26. The number of nitrogens with one attached hydrogen (secondary N) is 1. The third-order valence-corrected chi connectivity index (χ3v) is 4.69. The van der Waals surface area contributed by atoms with Gasteiger partial charge in [-0.05, 0) is 17.7 Å². The van der Waals surface area contributed by atoms with Gasteiger partial charge in [-0.1, -0.05) is 23.3 Å². The largest absolute Gasteiger partial charge is 0.376 e. The van der Waals surface area contributed by atoms with Crippen LogP contribution in [-0.4, -0.2) is 72.0 Å². The first-order chi connectivity index (χ1) is 13.3.